The molecule has 7 amide bonds. The number of aromatic amines is 1. The standard InChI is InChI=1S/C58H101N17O10/c1-7-37(5)49(55(82)71-45(30-41-33-66-35-68-41)56(83)75-28-14-17-46(75)53(80)74-50(57(84)85)38(6)8-2)73-52(79)44(29-39-18-20-42(76)21-19-39)70-54(81)48(36(3)4)72-51(78)43(16-13-25-67-58(61)62)69-47(77)34-63-24-12-10-9-11-15-40(31-64-26-22-59)32-65-27-23-60/h18-21,33,35-38,40,43-46,48-50,63-65,76H,7-17,22-32,34,59-60H2,1-6H3,(H,66,68)(H,69,77)(H,70,81)(H,71,82)(H,72,78)(H,73,79)(H,74,80)(H,84,85)(H4,61,62,67)/t37-,38-,43-,44-,45-,46-,48-,49-,50-/m0/s1. The van der Waals surface area contributed by atoms with Crippen LogP contribution in [-0.2, 0) is 51.2 Å². The number of H-pyrrole nitrogens is 1. The lowest BCUT2D eigenvalue weighted by Gasteiger charge is -2.32. The number of aliphatic carboxylic acids is 1. The number of hydrogen-bond acceptors (Lipinski definition) is 16. The van der Waals surface area contributed by atoms with Crippen LogP contribution < -0.4 is 70.8 Å². The Hall–Kier alpha value is -6.94. The maximum atomic E-state index is 14.7. The third kappa shape index (κ3) is 26.5. The minimum absolute atomic E-state index is 0.0395. The summed E-state index contributed by atoms with van der Waals surface area (Å²) in [6.45, 7) is 15.8. The molecule has 3 rings (SSSR count). The maximum Gasteiger partial charge on any atom is 0.326 e. The third-order valence-corrected chi connectivity index (χ3v) is 15.4. The molecule has 0 unspecified atom stereocenters. The Morgan fingerprint density at radius 1 is 0.694 bits per heavy atom. The monoisotopic (exact) mass is 1200 g/mol. The predicted molar refractivity (Wildman–Crippen MR) is 325 cm³/mol. The number of carboxylic acids is 1. The highest BCUT2D eigenvalue weighted by Gasteiger charge is 2.41. The van der Waals surface area contributed by atoms with Gasteiger partial charge in [-0.2, -0.15) is 0 Å². The number of aromatic nitrogens is 2. The molecule has 0 aliphatic carbocycles. The van der Waals surface area contributed by atoms with E-state index < -0.39 is 107 Å². The number of phenols is 1. The highest BCUT2D eigenvalue weighted by atomic mass is 16.4. The van der Waals surface area contributed by atoms with Crippen molar-refractivity contribution < 1.29 is 48.6 Å². The van der Waals surface area contributed by atoms with E-state index in [9.17, 15) is 48.6 Å². The first-order valence-corrected chi connectivity index (χ1v) is 30.3. The number of nitrogens with zero attached hydrogens (tertiary/aromatic N) is 3. The molecule has 20 N–H and O–H groups in total. The highest BCUT2D eigenvalue weighted by Crippen LogP contribution is 2.22. The van der Waals surface area contributed by atoms with Gasteiger partial charge in [-0.25, -0.2) is 9.78 Å². The van der Waals surface area contributed by atoms with Crippen LogP contribution >= 0.6 is 0 Å². The van der Waals surface area contributed by atoms with Crippen molar-refractivity contribution in [3.8, 4) is 5.75 Å². The summed E-state index contributed by atoms with van der Waals surface area (Å²) in [6, 6.07) is -2.46. The number of nitrogens with two attached hydrogens (primary N) is 4. The van der Waals surface area contributed by atoms with Crippen molar-refractivity contribution in [1.29, 1.82) is 0 Å². The van der Waals surface area contributed by atoms with Gasteiger partial charge in [0.2, 0.25) is 41.4 Å². The SMILES string of the molecule is CC[C@H](C)[C@H](NC(=O)[C@@H]1CCCN1C(=O)[C@H](Cc1cnc[nH]1)NC(=O)[C@@H](NC(=O)[C@H](Cc1ccc(O)cc1)NC(=O)[C@@H](NC(=O)[C@H](CCCN=C(N)N)NC(=O)CNCCCCCCC(CNCCN)CNCCN)C(C)C)[C@@H](C)CC)C(=O)O. The maximum absolute atomic E-state index is 14.7. The van der Waals surface area contributed by atoms with Crippen LogP contribution in [0.3, 0.4) is 0 Å². The molecule has 1 aliphatic rings. The molecule has 27 nitrogen and oxygen atoms in total. The van der Waals surface area contributed by atoms with Crippen LogP contribution in [-0.4, -0.2) is 186 Å². The second-order valence-electron chi connectivity index (χ2n) is 22.6. The molecular weight excluding hydrogens is 1090 g/mol. The van der Waals surface area contributed by atoms with Crippen molar-refractivity contribution in [2.45, 2.75) is 167 Å². The summed E-state index contributed by atoms with van der Waals surface area (Å²) >= 11 is 0. The number of amides is 7. The van der Waals surface area contributed by atoms with E-state index in [1.54, 1.807) is 39.8 Å². The number of guanidine groups is 1. The summed E-state index contributed by atoms with van der Waals surface area (Å²) in [5.74, 6) is -6.97. The molecule has 0 saturated carbocycles. The molecule has 0 radical (unpaired) electrons. The van der Waals surface area contributed by atoms with Crippen LogP contribution in [0.4, 0.5) is 0 Å². The number of unbranched alkanes of at least 4 members (excludes halogenated alkanes) is 3. The van der Waals surface area contributed by atoms with Gasteiger partial charge in [0, 0.05) is 64.0 Å². The zero-order valence-electron chi connectivity index (χ0n) is 50.9. The fourth-order valence-corrected chi connectivity index (χ4v) is 9.95. The molecule has 2 aromatic rings. The fraction of sp³-hybridized carbons (Fsp3) is 0.690. The number of imidazole rings is 1. The molecule has 0 spiro atoms. The number of aliphatic imine (C=N–C) groups is 1. The minimum atomic E-state index is -1.36. The fourth-order valence-electron chi connectivity index (χ4n) is 9.95. The van der Waals surface area contributed by atoms with E-state index in [1.165, 1.54) is 29.6 Å². The van der Waals surface area contributed by atoms with Gasteiger partial charge in [0.15, 0.2) is 5.96 Å². The first-order valence-electron chi connectivity index (χ1n) is 30.3. The van der Waals surface area contributed by atoms with E-state index in [4.69, 9.17) is 22.9 Å². The zero-order valence-corrected chi connectivity index (χ0v) is 50.9. The Kier molecular flexibility index (Phi) is 33.7. The minimum Gasteiger partial charge on any atom is -0.508 e. The topological polar surface area (TPSA) is 434 Å². The number of phenolic OH excluding ortho intramolecular Hbond substituents is 1. The van der Waals surface area contributed by atoms with Crippen molar-refractivity contribution >= 4 is 53.3 Å². The molecule has 27 heteroatoms. The molecule has 85 heavy (non-hydrogen) atoms. The van der Waals surface area contributed by atoms with Gasteiger partial charge >= 0.3 is 5.97 Å². The van der Waals surface area contributed by atoms with Crippen LogP contribution in [0.2, 0.25) is 0 Å². The summed E-state index contributed by atoms with van der Waals surface area (Å²) in [5.41, 5.74) is 23.4. The van der Waals surface area contributed by atoms with E-state index in [1.807, 2.05) is 13.8 Å². The number of rotatable bonds is 43. The van der Waals surface area contributed by atoms with Crippen molar-refractivity contribution in [2.24, 2.45) is 51.6 Å². The van der Waals surface area contributed by atoms with Crippen molar-refractivity contribution in [2.75, 3.05) is 65.4 Å². The Morgan fingerprint density at radius 2 is 1.31 bits per heavy atom. The van der Waals surface area contributed by atoms with E-state index in [0.717, 1.165) is 58.3 Å². The van der Waals surface area contributed by atoms with Gasteiger partial charge in [0.25, 0.3) is 0 Å². The van der Waals surface area contributed by atoms with Crippen LogP contribution in [0, 0.1) is 23.7 Å². The molecule has 1 aromatic carbocycles. The first-order chi connectivity index (χ1) is 40.6. The Bertz CT molecular complexity index is 2370. The van der Waals surface area contributed by atoms with Gasteiger partial charge in [-0.3, -0.25) is 38.6 Å². The number of hydrogen-bond donors (Lipinski definition) is 16. The third-order valence-electron chi connectivity index (χ3n) is 15.4. The lowest BCUT2D eigenvalue weighted by atomic mass is 9.96. The average molecular weight is 1200 g/mol. The van der Waals surface area contributed by atoms with Gasteiger partial charge in [0.1, 0.15) is 48.0 Å². The normalized spacial score (nSPS) is 16.0. The van der Waals surface area contributed by atoms with Gasteiger partial charge in [-0.15, -0.1) is 0 Å². The summed E-state index contributed by atoms with van der Waals surface area (Å²) < 4.78 is 0. The lowest BCUT2D eigenvalue weighted by Crippen LogP contribution is -2.62. The second kappa shape index (κ2) is 39.6. The van der Waals surface area contributed by atoms with Crippen molar-refractivity contribution in [3.05, 3.63) is 48.0 Å². The first kappa shape index (κ1) is 72.3. The van der Waals surface area contributed by atoms with Crippen molar-refractivity contribution in [3.63, 3.8) is 0 Å². The molecule has 0 bridgehead atoms. The predicted octanol–water partition coefficient (Wildman–Crippen LogP) is -1.06. The van der Waals surface area contributed by atoms with E-state index >= 15 is 0 Å². The molecule has 1 aromatic heterocycles. The number of aromatic hydroxyl groups is 1. The smallest absolute Gasteiger partial charge is 0.326 e. The quantitative estimate of drug-likeness (QED) is 0.0214. The van der Waals surface area contributed by atoms with Crippen LogP contribution in [0.5, 0.6) is 5.75 Å². The average Bonchev–Trinajstić information content (AvgIpc) is 4.25. The summed E-state index contributed by atoms with van der Waals surface area (Å²) in [5, 5.41) is 46.6. The molecule has 478 valence electrons. The molecule has 1 aliphatic heterocycles. The molecular formula is C58H101N17O10. The van der Waals surface area contributed by atoms with Crippen LogP contribution in [0.25, 0.3) is 0 Å². The van der Waals surface area contributed by atoms with E-state index in [2.05, 4.69) is 62.8 Å². The molecule has 1 fully saturated rings. The second-order valence-corrected chi connectivity index (χ2v) is 22.6. The van der Waals surface area contributed by atoms with Gasteiger partial charge < -0.3 is 90.9 Å². The highest BCUT2D eigenvalue weighted by molar-refractivity contribution is 5.98. The molecule has 1 saturated heterocycles. The largest absolute Gasteiger partial charge is 0.508 e. The number of likely N-dealkylation sites (tertiary alicyclic amines) is 1. The zero-order chi connectivity index (χ0) is 62.8. The number of nitrogens with one attached hydrogen (secondary N) is 10. The van der Waals surface area contributed by atoms with Gasteiger partial charge in [0.05, 0.1) is 12.9 Å². The number of benzene rings is 1. The van der Waals surface area contributed by atoms with Crippen LogP contribution in [0.1, 0.15) is 123 Å². The Morgan fingerprint density at radius 3 is 1.91 bits per heavy atom. The molecule has 2 heterocycles. The molecule has 9 atom stereocenters. The summed E-state index contributed by atoms with van der Waals surface area (Å²) in [6.07, 6.45) is 9.63. The summed E-state index contributed by atoms with van der Waals surface area (Å²) in [7, 11) is 0. The Balaban J connectivity index is 1.80. The number of carboxylic acid groups (broad SMARTS) is 1. The van der Waals surface area contributed by atoms with E-state index in [0.29, 0.717) is 62.5 Å². The summed E-state index contributed by atoms with van der Waals surface area (Å²) in [4.78, 5) is 124. The Labute approximate surface area is 501 Å². The number of carbonyl (C=O) groups excluding carboxylic acids is 7. The van der Waals surface area contributed by atoms with Gasteiger partial charge in [-0.05, 0) is 99.5 Å². The van der Waals surface area contributed by atoms with E-state index in [-0.39, 0.29) is 57.0 Å². The van der Waals surface area contributed by atoms with Crippen LogP contribution in [0.15, 0.2) is 41.8 Å². The van der Waals surface area contributed by atoms with Crippen molar-refractivity contribution in [1.82, 2.24) is 62.7 Å². The number of carbonyl (C=O) groups is 8. The van der Waals surface area contributed by atoms with Gasteiger partial charge in [-0.1, -0.05) is 85.8 Å². The lowest BCUT2D eigenvalue weighted by molar-refractivity contribution is -0.146.